The Morgan fingerprint density at radius 1 is 1.50 bits per heavy atom. The van der Waals surface area contributed by atoms with Gasteiger partial charge in [-0.25, -0.2) is 4.39 Å². The highest BCUT2D eigenvalue weighted by atomic mass is 35.5. The molecule has 0 fully saturated rings. The Morgan fingerprint density at radius 2 is 2.28 bits per heavy atom. The summed E-state index contributed by atoms with van der Waals surface area (Å²) in [5.41, 5.74) is 1.51. The summed E-state index contributed by atoms with van der Waals surface area (Å²) in [4.78, 5) is 24.7. The molecule has 18 heavy (non-hydrogen) atoms. The third-order valence-corrected chi connectivity index (χ3v) is 2.93. The van der Waals surface area contributed by atoms with Crippen molar-refractivity contribution in [2.45, 2.75) is 6.42 Å². The van der Waals surface area contributed by atoms with Crippen LogP contribution in [0.15, 0.2) is 18.2 Å². The number of hydrogen-bond donors (Lipinski definition) is 1. The molecule has 0 atom stereocenters. The van der Waals surface area contributed by atoms with E-state index < -0.39 is 6.67 Å². The van der Waals surface area contributed by atoms with Crippen LogP contribution in [0.5, 0.6) is 0 Å². The van der Waals surface area contributed by atoms with Crippen LogP contribution in [0.3, 0.4) is 0 Å². The first kappa shape index (κ1) is 12.8. The number of benzene rings is 1. The first-order valence-corrected chi connectivity index (χ1v) is 5.91. The largest absolute Gasteiger partial charge is 0.352 e. The van der Waals surface area contributed by atoms with Crippen LogP contribution in [0.4, 0.5) is 10.1 Å². The number of amides is 2. The molecule has 1 N–H and O–H groups in total. The fourth-order valence-electron chi connectivity index (χ4n) is 1.91. The van der Waals surface area contributed by atoms with Crippen LogP contribution in [0.25, 0.3) is 0 Å². The van der Waals surface area contributed by atoms with Gasteiger partial charge in [-0.2, -0.15) is 0 Å². The maximum atomic E-state index is 11.9. The molecule has 0 saturated carbocycles. The summed E-state index contributed by atoms with van der Waals surface area (Å²) >= 11 is 5.84. The van der Waals surface area contributed by atoms with E-state index in [1.54, 1.807) is 18.2 Å². The van der Waals surface area contributed by atoms with Gasteiger partial charge in [-0.1, -0.05) is 11.6 Å². The van der Waals surface area contributed by atoms with Crippen molar-refractivity contribution in [3.05, 3.63) is 28.8 Å². The van der Waals surface area contributed by atoms with Crippen LogP contribution in [0.2, 0.25) is 5.02 Å². The highest BCUT2D eigenvalue weighted by molar-refractivity contribution is 6.31. The molecule has 1 aromatic carbocycles. The number of carbonyl (C=O) groups is 2. The Balaban J connectivity index is 2.11. The van der Waals surface area contributed by atoms with Crippen LogP contribution < -0.4 is 10.2 Å². The summed E-state index contributed by atoms with van der Waals surface area (Å²) in [5, 5.41) is 2.95. The lowest BCUT2D eigenvalue weighted by Crippen LogP contribution is -2.39. The normalized spacial score (nSPS) is 13.7. The Bertz CT molecular complexity index is 493. The fourth-order valence-corrected chi connectivity index (χ4v) is 2.11. The standard InChI is InChI=1S/C12H12ClFN2O2/c13-9-1-2-10-8(5-9)6-12(18)16(10)7-11(17)15-4-3-14/h1-2,5H,3-4,6-7H2,(H,15,17). The molecule has 0 unspecified atom stereocenters. The van der Waals surface area contributed by atoms with Crippen molar-refractivity contribution in [1.82, 2.24) is 5.32 Å². The van der Waals surface area contributed by atoms with E-state index in [1.807, 2.05) is 0 Å². The molecule has 0 spiro atoms. The van der Waals surface area contributed by atoms with Crippen molar-refractivity contribution in [1.29, 1.82) is 0 Å². The van der Waals surface area contributed by atoms with Gasteiger partial charge in [0, 0.05) is 17.3 Å². The van der Waals surface area contributed by atoms with Crippen molar-refractivity contribution in [2.75, 3.05) is 24.7 Å². The molecule has 1 aromatic rings. The van der Waals surface area contributed by atoms with Crippen molar-refractivity contribution in [2.24, 2.45) is 0 Å². The number of nitrogens with one attached hydrogen (secondary N) is 1. The third-order valence-electron chi connectivity index (χ3n) is 2.69. The van der Waals surface area contributed by atoms with E-state index >= 15 is 0 Å². The summed E-state index contributed by atoms with van der Waals surface area (Å²) in [6, 6.07) is 5.10. The van der Waals surface area contributed by atoms with Crippen LogP contribution in [-0.2, 0) is 16.0 Å². The van der Waals surface area contributed by atoms with Gasteiger partial charge in [-0.15, -0.1) is 0 Å². The van der Waals surface area contributed by atoms with Crippen molar-refractivity contribution in [3.63, 3.8) is 0 Å². The van der Waals surface area contributed by atoms with E-state index in [9.17, 15) is 14.0 Å². The van der Waals surface area contributed by atoms with Crippen molar-refractivity contribution >= 4 is 29.1 Å². The van der Waals surface area contributed by atoms with E-state index in [-0.39, 0.29) is 31.3 Å². The molecule has 0 radical (unpaired) electrons. The monoisotopic (exact) mass is 270 g/mol. The molecule has 0 bridgehead atoms. The van der Waals surface area contributed by atoms with Gasteiger partial charge < -0.3 is 10.2 Å². The van der Waals surface area contributed by atoms with E-state index in [2.05, 4.69) is 5.32 Å². The maximum absolute atomic E-state index is 11.9. The maximum Gasteiger partial charge on any atom is 0.240 e. The number of nitrogens with zero attached hydrogens (tertiary/aromatic N) is 1. The lowest BCUT2D eigenvalue weighted by Gasteiger charge is -2.16. The average Bonchev–Trinajstić information content (AvgIpc) is 2.62. The molecule has 0 aromatic heterocycles. The highest BCUT2D eigenvalue weighted by Crippen LogP contribution is 2.30. The van der Waals surface area contributed by atoms with Crippen molar-refractivity contribution < 1.29 is 14.0 Å². The molecule has 1 aliphatic rings. The van der Waals surface area contributed by atoms with Gasteiger partial charge in [0.25, 0.3) is 0 Å². The summed E-state index contributed by atoms with van der Waals surface area (Å²) in [6.45, 7) is -0.742. The average molecular weight is 271 g/mol. The minimum absolute atomic E-state index is 0.0334. The van der Waals surface area contributed by atoms with E-state index in [0.717, 1.165) is 5.56 Å². The summed E-state index contributed by atoms with van der Waals surface area (Å²) in [6.07, 6.45) is 0.242. The highest BCUT2D eigenvalue weighted by Gasteiger charge is 2.28. The Morgan fingerprint density at radius 3 is 3.00 bits per heavy atom. The van der Waals surface area contributed by atoms with Gasteiger partial charge in [0.1, 0.15) is 13.2 Å². The molecule has 4 nitrogen and oxygen atoms in total. The molecule has 1 heterocycles. The molecular weight excluding hydrogens is 259 g/mol. The second kappa shape index (κ2) is 5.35. The Hall–Kier alpha value is -1.62. The van der Waals surface area contributed by atoms with Gasteiger partial charge in [0.05, 0.1) is 6.42 Å². The molecule has 6 heteroatoms. The number of alkyl halides is 1. The smallest absolute Gasteiger partial charge is 0.240 e. The predicted octanol–water partition coefficient (Wildman–Crippen LogP) is 1.31. The lowest BCUT2D eigenvalue weighted by molar-refractivity contribution is -0.123. The molecule has 96 valence electrons. The number of halogens is 2. The molecule has 2 rings (SSSR count). The molecule has 0 aliphatic carbocycles. The number of rotatable bonds is 4. The first-order chi connectivity index (χ1) is 8.61. The second-order valence-corrected chi connectivity index (χ2v) is 4.41. The number of anilines is 1. The van der Waals surface area contributed by atoms with Gasteiger partial charge >= 0.3 is 0 Å². The number of hydrogen-bond acceptors (Lipinski definition) is 2. The summed E-state index contributed by atoms with van der Waals surface area (Å²) < 4.78 is 11.9. The molecule has 2 amide bonds. The topological polar surface area (TPSA) is 49.4 Å². The van der Waals surface area contributed by atoms with E-state index in [0.29, 0.717) is 10.7 Å². The summed E-state index contributed by atoms with van der Waals surface area (Å²) in [5.74, 6) is -0.522. The molecular formula is C12H12ClFN2O2. The van der Waals surface area contributed by atoms with Gasteiger partial charge in [-0.05, 0) is 23.8 Å². The van der Waals surface area contributed by atoms with Crippen LogP contribution >= 0.6 is 11.6 Å². The van der Waals surface area contributed by atoms with Crippen LogP contribution in [0.1, 0.15) is 5.56 Å². The predicted molar refractivity (Wildman–Crippen MR) is 66.5 cm³/mol. The zero-order valence-electron chi connectivity index (χ0n) is 9.58. The first-order valence-electron chi connectivity index (χ1n) is 5.53. The van der Waals surface area contributed by atoms with Gasteiger partial charge in [0.2, 0.25) is 11.8 Å². The fraction of sp³-hybridized carbons (Fsp3) is 0.333. The summed E-state index contributed by atoms with van der Waals surface area (Å²) in [7, 11) is 0. The van der Waals surface area contributed by atoms with Gasteiger partial charge in [0.15, 0.2) is 0 Å². The van der Waals surface area contributed by atoms with E-state index in [1.165, 1.54) is 4.90 Å². The molecule has 1 aliphatic heterocycles. The lowest BCUT2D eigenvalue weighted by atomic mass is 10.2. The molecule has 0 saturated heterocycles. The second-order valence-electron chi connectivity index (χ2n) is 3.97. The minimum atomic E-state index is -0.619. The van der Waals surface area contributed by atoms with Gasteiger partial charge in [-0.3, -0.25) is 9.59 Å². The number of fused-ring (bicyclic) bond motifs is 1. The SMILES string of the molecule is O=C(CN1C(=O)Cc2cc(Cl)ccc21)NCCF. The van der Waals surface area contributed by atoms with Crippen LogP contribution in [-0.4, -0.2) is 31.6 Å². The van der Waals surface area contributed by atoms with Crippen LogP contribution in [0, 0.1) is 0 Å². The Labute approximate surface area is 109 Å². The zero-order chi connectivity index (χ0) is 13.1. The van der Waals surface area contributed by atoms with E-state index in [4.69, 9.17) is 11.6 Å². The minimum Gasteiger partial charge on any atom is -0.352 e. The zero-order valence-corrected chi connectivity index (χ0v) is 10.3. The Kier molecular flexibility index (Phi) is 3.81. The third kappa shape index (κ3) is 2.61. The number of carbonyl (C=O) groups excluding carboxylic acids is 2. The van der Waals surface area contributed by atoms with Crippen molar-refractivity contribution in [3.8, 4) is 0 Å². The quantitative estimate of drug-likeness (QED) is 0.897.